The summed E-state index contributed by atoms with van der Waals surface area (Å²) in [5.74, 6) is -0.0512. The molecular weight excluding hydrogens is 309 g/mol. The summed E-state index contributed by atoms with van der Waals surface area (Å²) in [6, 6.07) is 4.51. The summed E-state index contributed by atoms with van der Waals surface area (Å²) in [6.07, 6.45) is -3.17. The predicted molar refractivity (Wildman–Crippen MR) is 83.4 cm³/mol. The van der Waals surface area contributed by atoms with Crippen molar-refractivity contribution >= 4 is 11.6 Å². The molecule has 0 aliphatic rings. The second-order valence-electron chi connectivity index (χ2n) is 5.53. The van der Waals surface area contributed by atoms with Gasteiger partial charge in [-0.05, 0) is 43.5 Å². The van der Waals surface area contributed by atoms with Gasteiger partial charge in [-0.15, -0.1) is 0 Å². The Hall–Kier alpha value is -1.76. The van der Waals surface area contributed by atoms with Gasteiger partial charge in [0.05, 0.1) is 5.41 Å². The molecule has 1 amide bonds. The van der Waals surface area contributed by atoms with E-state index in [1.807, 2.05) is 13.8 Å². The highest BCUT2D eigenvalue weighted by molar-refractivity contribution is 5.95. The van der Waals surface area contributed by atoms with Crippen LogP contribution >= 0.6 is 0 Å². The first-order valence-electron chi connectivity index (χ1n) is 7.49. The molecule has 23 heavy (non-hydrogen) atoms. The van der Waals surface area contributed by atoms with E-state index in [1.54, 1.807) is 13.0 Å². The van der Waals surface area contributed by atoms with Crippen LogP contribution in [0.2, 0.25) is 0 Å². The monoisotopic (exact) mass is 332 g/mol. The fourth-order valence-corrected chi connectivity index (χ4v) is 2.26. The molecule has 0 aromatic heterocycles. The Kier molecular flexibility index (Phi) is 6.44. The van der Waals surface area contributed by atoms with Gasteiger partial charge in [0.2, 0.25) is 5.91 Å². The molecule has 0 fully saturated rings. The minimum Gasteiger partial charge on any atom is -0.484 e. The van der Waals surface area contributed by atoms with E-state index in [4.69, 9.17) is 10.5 Å². The van der Waals surface area contributed by atoms with E-state index in [0.29, 0.717) is 24.1 Å². The smallest absolute Gasteiger partial charge is 0.422 e. The van der Waals surface area contributed by atoms with Crippen molar-refractivity contribution in [2.45, 2.75) is 39.8 Å². The van der Waals surface area contributed by atoms with Crippen LogP contribution in [0.15, 0.2) is 18.2 Å². The minimum atomic E-state index is -4.39. The summed E-state index contributed by atoms with van der Waals surface area (Å²) in [4.78, 5) is 12.4. The molecule has 1 aromatic rings. The number of benzene rings is 1. The number of amides is 1. The molecule has 0 spiro atoms. The summed E-state index contributed by atoms with van der Waals surface area (Å²) >= 11 is 0. The highest BCUT2D eigenvalue weighted by Gasteiger charge is 2.33. The number of halogens is 3. The van der Waals surface area contributed by atoms with E-state index >= 15 is 0 Å². The van der Waals surface area contributed by atoms with Crippen molar-refractivity contribution in [3.05, 3.63) is 23.8 Å². The van der Waals surface area contributed by atoms with Crippen molar-refractivity contribution < 1.29 is 22.7 Å². The maximum atomic E-state index is 12.4. The zero-order chi connectivity index (χ0) is 17.7. The molecule has 3 N–H and O–H groups in total. The third-order valence-corrected chi connectivity index (χ3v) is 4.05. The maximum absolute atomic E-state index is 12.4. The first kappa shape index (κ1) is 19.3. The van der Waals surface area contributed by atoms with Gasteiger partial charge in [0.1, 0.15) is 5.75 Å². The van der Waals surface area contributed by atoms with Gasteiger partial charge < -0.3 is 15.8 Å². The number of carbonyl (C=O) groups excluding carboxylic acids is 1. The van der Waals surface area contributed by atoms with Crippen LogP contribution in [0.4, 0.5) is 18.9 Å². The van der Waals surface area contributed by atoms with Crippen LogP contribution in [0.1, 0.15) is 32.3 Å². The number of rotatable bonds is 7. The average molecular weight is 332 g/mol. The number of anilines is 1. The summed E-state index contributed by atoms with van der Waals surface area (Å²) in [5.41, 5.74) is 6.11. The summed E-state index contributed by atoms with van der Waals surface area (Å²) in [6.45, 7) is 4.31. The lowest BCUT2D eigenvalue weighted by molar-refractivity contribution is -0.153. The molecule has 0 saturated heterocycles. The molecule has 0 aliphatic heterocycles. The number of carbonyl (C=O) groups is 1. The molecule has 7 heteroatoms. The first-order chi connectivity index (χ1) is 10.7. The van der Waals surface area contributed by atoms with E-state index in [1.165, 1.54) is 12.1 Å². The van der Waals surface area contributed by atoms with Crippen molar-refractivity contribution in [2.75, 3.05) is 18.5 Å². The van der Waals surface area contributed by atoms with E-state index in [2.05, 4.69) is 5.32 Å². The number of aryl methyl sites for hydroxylation is 1. The van der Waals surface area contributed by atoms with Gasteiger partial charge in [0.15, 0.2) is 6.61 Å². The molecular formula is C16H23F3N2O2. The molecule has 4 nitrogen and oxygen atoms in total. The number of nitrogens with two attached hydrogens (primary N) is 1. The summed E-state index contributed by atoms with van der Waals surface area (Å²) in [5, 5.41) is 2.78. The van der Waals surface area contributed by atoms with E-state index in [9.17, 15) is 18.0 Å². The lowest BCUT2D eigenvalue weighted by Gasteiger charge is -2.28. The Balaban J connectivity index is 2.84. The number of hydrogen-bond donors (Lipinski definition) is 2. The number of alkyl halides is 3. The van der Waals surface area contributed by atoms with Gasteiger partial charge >= 0.3 is 6.18 Å². The van der Waals surface area contributed by atoms with Crippen molar-refractivity contribution in [1.29, 1.82) is 0 Å². The zero-order valence-electron chi connectivity index (χ0n) is 13.6. The van der Waals surface area contributed by atoms with Crippen molar-refractivity contribution in [3.8, 4) is 5.75 Å². The van der Waals surface area contributed by atoms with Crippen LogP contribution in [0.5, 0.6) is 5.75 Å². The quantitative estimate of drug-likeness (QED) is 0.801. The van der Waals surface area contributed by atoms with Gasteiger partial charge in [-0.3, -0.25) is 4.79 Å². The molecule has 0 unspecified atom stereocenters. The van der Waals surface area contributed by atoms with E-state index in [0.717, 1.165) is 0 Å². The lowest BCUT2D eigenvalue weighted by Crippen LogP contribution is -2.41. The topological polar surface area (TPSA) is 64.4 Å². The summed E-state index contributed by atoms with van der Waals surface area (Å²) < 4.78 is 41.3. The van der Waals surface area contributed by atoms with Crippen LogP contribution in [-0.2, 0) is 4.79 Å². The molecule has 1 rings (SSSR count). The number of nitrogens with one attached hydrogen (secondary N) is 1. The zero-order valence-corrected chi connectivity index (χ0v) is 13.6. The Morgan fingerprint density at radius 1 is 1.26 bits per heavy atom. The summed E-state index contributed by atoms with van der Waals surface area (Å²) in [7, 11) is 0. The Morgan fingerprint density at radius 2 is 1.87 bits per heavy atom. The van der Waals surface area contributed by atoms with Gasteiger partial charge in [-0.1, -0.05) is 13.8 Å². The third-order valence-electron chi connectivity index (χ3n) is 4.05. The normalized spacial score (nSPS) is 12.1. The van der Waals surface area contributed by atoms with Crippen molar-refractivity contribution in [3.63, 3.8) is 0 Å². The molecule has 0 bridgehead atoms. The Labute approximate surface area is 134 Å². The van der Waals surface area contributed by atoms with Gasteiger partial charge in [-0.25, -0.2) is 0 Å². The number of ether oxygens (including phenoxy) is 1. The largest absolute Gasteiger partial charge is 0.484 e. The minimum absolute atomic E-state index is 0.136. The van der Waals surface area contributed by atoms with Crippen LogP contribution in [0, 0.1) is 12.3 Å². The first-order valence-corrected chi connectivity index (χ1v) is 7.49. The Bertz CT molecular complexity index is 532. The number of hydrogen-bond acceptors (Lipinski definition) is 3. The standard InChI is InChI=1S/C16H23F3N2O2/c1-4-15(5-2,9-20)14(22)21-12-6-7-13(11(3)8-12)23-10-16(17,18)19/h6-8H,4-5,9-10,20H2,1-3H3,(H,21,22). The maximum Gasteiger partial charge on any atom is 0.422 e. The SMILES string of the molecule is CCC(CC)(CN)C(=O)Nc1ccc(OCC(F)(F)F)c(C)c1. The second kappa shape index (κ2) is 7.68. The molecule has 0 aliphatic carbocycles. The molecule has 0 atom stereocenters. The van der Waals surface area contributed by atoms with Crippen molar-refractivity contribution in [1.82, 2.24) is 0 Å². The molecule has 0 saturated carbocycles. The van der Waals surface area contributed by atoms with Crippen LogP contribution in [0.3, 0.4) is 0 Å². The van der Waals surface area contributed by atoms with E-state index in [-0.39, 0.29) is 18.2 Å². The Morgan fingerprint density at radius 3 is 2.30 bits per heavy atom. The van der Waals surface area contributed by atoms with Gasteiger partial charge in [0.25, 0.3) is 0 Å². The third kappa shape index (κ3) is 5.13. The lowest BCUT2D eigenvalue weighted by atomic mass is 9.81. The fraction of sp³-hybridized carbons (Fsp3) is 0.562. The molecule has 1 aromatic carbocycles. The molecule has 0 heterocycles. The highest BCUT2D eigenvalue weighted by Crippen LogP contribution is 2.29. The molecule has 130 valence electrons. The van der Waals surface area contributed by atoms with Crippen LogP contribution in [-0.4, -0.2) is 25.2 Å². The molecule has 0 radical (unpaired) electrons. The van der Waals surface area contributed by atoms with Crippen LogP contribution in [0.25, 0.3) is 0 Å². The predicted octanol–water partition coefficient (Wildman–Crippen LogP) is 3.64. The fourth-order valence-electron chi connectivity index (χ4n) is 2.26. The highest BCUT2D eigenvalue weighted by atomic mass is 19.4. The average Bonchev–Trinajstić information content (AvgIpc) is 2.48. The van der Waals surface area contributed by atoms with Gasteiger partial charge in [-0.2, -0.15) is 13.2 Å². The van der Waals surface area contributed by atoms with Crippen molar-refractivity contribution in [2.24, 2.45) is 11.1 Å². The van der Waals surface area contributed by atoms with Crippen LogP contribution < -0.4 is 15.8 Å². The van der Waals surface area contributed by atoms with E-state index < -0.39 is 18.2 Å². The second-order valence-corrected chi connectivity index (χ2v) is 5.53. The van der Waals surface area contributed by atoms with Gasteiger partial charge in [0, 0.05) is 12.2 Å².